The molecule has 8 nitrogen and oxygen atoms in total. The van der Waals surface area contributed by atoms with Crippen molar-refractivity contribution in [2.75, 3.05) is 21.3 Å². The summed E-state index contributed by atoms with van der Waals surface area (Å²) in [5.41, 5.74) is 4.88. The molecule has 0 unspecified atom stereocenters. The largest absolute Gasteiger partial charge is 0.496 e. The van der Waals surface area contributed by atoms with Gasteiger partial charge >= 0.3 is 0 Å². The highest BCUT2D eigenvalue weighted by molar-refractivity contribution is 5.94. The fraction of sp³-hybridized carbons (Fsp3) is 0.150. The predicted molar refractivity (Wildman–Crippen MR) is 105 cm³/mol. The molecule has 0 bridgehead atoms. The molecule has 3 rings (SSSR count). The first-order chi connectivity index (χ1) is 13.7. The molecule has 1 amide bonds. The number of hydrogen-bond acceptors (Lipinski definition) is 6. The molecule has 1 aromatic heterocycles. The third-order valence-corrected chi connectivity index (χ3v) is 3.99. The molecule has 0 fully saturated rings. The number of methoxy groups -OCH3 is 3. The second-order valence-electron chi connectivity index (χ2n) is 5.68. The van der Waals surface area contributed by atoms with E-state index < -0.39 is 5.91 Å². The maximum absolute atomic E-state index is 12.3. The number of ether oxygens (including phenoxy) is 3. The zero-order valence-corrected chi connectivity index (χ0v) is 15.7. The Bertz CT molecular complexity index is 997. The number of carbonyl (C=O) groups excluding carboxylic acids is 1. The van der Waals surface area contributed by atoms with Crippen LogP contribution < -0.4 is 19.6 Å². The molecule has 0 atom stereocenters. The number of para-hydroxylation sites is 1. The summed E-state index contributed by atoms with van der Waals surface area (Å²) in [6.07, 6.45) is 1.51. The zero-order chi connectivity index (χ0) is 19.9. The molecule has 8 heteroatoms. The van der Waals surface area contributed by atoms with Gasteiger partial charge in [0, 0.05) is 5.56 Å². The monoisotopic (exact) mass is 380 g/mol. The van der Waals surface area contributed by atoms with Crippen molar-refractivity contribution >= 4 is 12.1 Å². The lowest BCUT2D eigenvalue weighted by Gasteiger charge is -2.07. The normalized spacial score (nSPS) is 10.7. The van der Waals surface area contributed by atoms with Crippen molar-refractivity contribution in [1.29, 1.82) is 0 Å². The highest BCUT2D eigenvalue weighted by Gasteiger charge is 2.13. The molecular formula is C20H20N4O4. The van der Waals surface area contributed by atoms with Crippen molar-refractivity contribution in [3.05, 3.63) is 59.8 Å². The van der Waals surface area contributed by atoms with Gasteiger partial charge in [-0.1, -0.05) is 12.1 Å². The van der Waals surface area contributed by atoms with E-state index >= 15 is 0 Å². The van der Waals surface area contributed by atoms with Crippen molar-refractivity contribution in [2.24, 2.45) is 5.10 Å². The summed E-state index contributed by atoms with van der Waals surface area (Å²) in [6.45, 7) is 0. The van der Waals surface area contributed by atoms with Gasteiger partial charge in [-0.05, 0) is 42.0 Å². The van der Waals surface area contributed by atoms with E-state index in [-0.39, 0.29) is 5.69 Å². The first-order valence-corrected chi connectivity index (χ1v) is 8.40. The van der Waals surface area contributed by atoms with Crippen molar-refractivity contribution in [3.8, 4) is 28.5 Å². The van der Waals surface area contributed by atoms with Crippen LogP contribution in [0, 0.1) is 0 Å². The lowest BCUT2D eigenvalue weighted by molar-refractivity contribution is 0.0950. The van der Waals surface area contributed by atoms with Gasteiger partial charge in [0.2, 0.25) is 0 Å². The van der Waals surface area contributed by atoms with Gasteiger partial charge in [-0.25, -0.2) is 5.43 Å². The Morgan fingerprint density at radius 1 is 1.00 bits per heavy atom. The van der Waals surface area contributed by atoms with Crippen LogP contribution >= 0.6 is 0 Å². The number of amides is 1. The molecule has 0 aliphatic rings. The van der Waals surface area contributed by atoms with Gasteiger partial charge < -0.3 is 14.2 Å². The minimum atomic E-state index is -0.412. The van der Waals surface area contributed by atoms with Crippen LogP contribution in [0.3, 0.4) is 0 Å². The van der Waals surface area contributed by atoms with Crippen molar-refractivity contribution < 1.29 is 19.0 Å². The Kier molecular flexibility index (Phi) is 5.91. The predicted octanol–water partition coefficient (Wildman–Crippen LogP) is 2.87. The Hall–Kier alpha value is -3.81. The van der Waals surface area contributed by atoms with Crippen LogP contribution in [0.15, 0.2) is 53.6 Å². The number of H-pyrrole nitrogens is 1. The number of carbonyl (C=O) groups is 1. The van der Waals surface area contributed by atoms with E-state index in [4.69, 9.17) is 14.2 Å². The SMILES string of the molecule is COc1ccc(/C=N\NC(=O)c2cc(-c3ccccc3OC)n[nH]2)cc1OC. The number of aromatic nitrogens is 2. The number of rotatable bonds is 7. The van der Waals surface area contributed by atoms with Gasteiger partial charge in [-0.3, -0.25) is 9.89 Å². The average molecular weight is 380 g/mol. The van der Waals surface area contributed by atoms with E-state index in [1.165, 1.54) is 6.21 Å². The van der Waals surface area contributed by atoms with Gasteiger partial charge in [-0.2, -0.15) is 10.2 Å². The summed E-state index contributed by atoms with van der Waals surface area (Å²) < 4.78 is 15.7. The Balaban J connectivity index is 1.69. The lowest BCUT2D eigenvalue weighted by Crippen LogP contribution is -2.18. The Labute approximate surface area is 162 Å². The maximum Gasteiger partial charge on any atom is 0.289 e. The molecule has 28 heavy (non-hydrogen) atoms. The molecule has 0 spiro atoms. The molecule has 0 saturated heterocycles. The van der Waals surface area contributed by atoms with E-state index in [9.17, 15) is 4.79 Å². The van der Waals surface area contributed by atoms with Crippen LogP contribution in [0.1, 0.15) is 16.1 Å². The van der Waals surface area contributed by atoms with Gasteiger partial charge in [0.05, 0.1) is 33.2 Å². The van der Waals surface area contributed by atoms with Gasteiger partial charge in [0.1, 0.15) is 11.4 Å². The van der Waals surface area contributed by atoms with E-state index in [1.54, 1.807) is 45.6 Å². The Morgan fingerprint density at radius 3 is 2.50 bits per heavy atom. The van der Waals surface area contributed by atoms with Crippen molar-refractivity contribution in [3.63, 3.8) is 0 Å². The molecule has 3 aromatic rings. The molecular weight excluding hydrogens is 360 g/mol. The molecule has 0 aliphatic carbocycles. The van der Waals surface area contributed by atoms with Crippen LogP contribution in [-0.2, 0) is 0 Å². The molecule has 0 saturated carbocycles. The lowest BCUT2D eigenvalue weighted by atomic mass is 10.1. The third-order valence-electron chi connectivity index (χ3n) is 3.99. The quantitative estimate of drug-likeness (QED) is 0.485. The number of aromatic amines is 1. The first-order valence-electron chi connectivity index (χ1n) is 8.40. The molecule has 0 radical (unpaired) electrons. The highest BCUT2D eigenvalue weighted by atomic mass is 16.5. The standard InChI is InChI=1S/C20H20N4O4/c1-26-17-7-5-4-6-14(17)15-11-16(23-22-15)20(25)24-21-12-13-8-9-18(27-2)19(10-13)28-3/h4-12H,1-3H3,(H,22,23)(H,24,25)/b21-12-. The maximum atomic E-state index is 12.3. The summed E-state index contributed by atoms with van der Waals surface area (Å²) in [7, 11) is 4.70. The molecule has 144 valence electrons. The van der Waals surface area contributed by atoms with E-state index in [2.05, 4.69) is 20.7 Å². The van der Waals surface area contributed by atoms with Crippen molar-refractivity contribution in [2.45, 2.75) is 0 Å². The van der Waals surface area contributed by atoms with E-state index in [0.717, 1.165) is 11.1 Å². The van der Waals surface area contributed by atoms with Crippen LogP contribution in [0.4, 0.5) is 0 Å². The highest BCUT2D eigenvalue weighted by Crippen LogP contribution is 2.28. The number of nitrogens with one attached hydrogen (secondary N) is 2. The third kappa shape index (κ3) is 4.12. The van der Waals surface area contributed by atoms with Crippen LogP contribution in [-0.4, -0.2) is 43.6 Å². The number of benzene rings is 2. The summed E-state index contributed by atoms with van der Waals surface area (Å²) >= 11 is 0. The second-order valence-corrected chi connectivity index (χ2v) is 5.68. The van der Waals surface area contributed by atoms with Crippen LogP contribution in [0.5, 0.6) is 17.2 Å². The topological polar surface area (TPSA) is 97.8 Å². The minimum absolute atomic E-state index is 0.283. The first kappa shape index (κ1) is 19.0. The number of hydrogen-bond donors (Lipinski definition) is 2. The van der Waals surface area contributed by atoms with E-state index in [1.807, 2.05) is 24.3 Å². The fourth-order valence-electron chi connectivity index (χ4n) is 2.59. The summed E-state index contributed by atoms with van der Waals surface area (Å²) in [6, 6.07) is 14.4. The molecule has 1 heterocycles. The summed E-state index contributed by atoms with van der Waals surface area (Å²) in [5, 5.41) is 10.9. The fourth-order valence-corrected chi connectivity index (χ4v) is 2.59. The summed E-state index contributed by atoms with van der Waals surface area (Å²) in [5.74, 6) is 1.45. The van der Waals surface area contributed by atoms with E-state index in [0.29, 0.717) is 22.9 Å². The number of hydrazone groups is 1. The molecule has 2 aromatic carbocycles. The Morgan fingerprint density at radius 2 is 1.75 bits per heavy atom. The average Bonchev–Trinajstić information content (AvgIpc) is 3.23. The van der Waals surface area contributed by atoms with Gasteiger partial charge in [0.25, 0.3) is 5.91 Å². The smallest absolute Gasteiger partial charge is 0.289 e. The second kappa shape index (κ2) is 8.72. The van der Waals surface area contributed by atoms with Crippen LogP contribution in [0.25, 0.3) is 11.3 Å². The number of nitrogens with zero attached hydrogens (tertiary/aromatic N) is 2. The zero-order valence-electron chi connectivity index (χ0n) is 15.7. The molecule has 2 N–H and O–H groups in total. The van der Waals surface area contributed by atoms with Gasteiger partial charge in [-0.15, -0.1) is 0 Å². The van der Waals surface area contributed by atoms with Gasteiger partial charge in [0.15, 0.2) is 11.5 Å². The van der Waals surface area contributed by atoms with Crippen molar-refractivity contribution in [1.82, 2.24) is 15.6 Å². The van der Waals surface area contributed by atoms with Crippen LogP contribution in [0.2, 0.25) is 0 Å². The minimum Gasteiger partial charge on any atom is -0.496 e. The molecule has 0 aliphatic heterocycles. The summed E-state index contributed by atoms with van der Waals surface area (Å²) in [4.78, 5) is 12.3.